The van der Waals surface area contributed by atoms with E-state index in [0.717, 1.165) is 0 Å². The van der Waals surface area contributed by atoms with E-state index in [4.69, 9.17) is 5.11 Å². The van der Waals surface area contributed by atoms with Crippen molar-refractivity contribution in [2.24, 2.45) is 5.92 Å². The fourth-order valence-corrected chi connectivity index (χ4v) is 0.912. The number of hydrogen-bond donors (Lipinski definition) is 3. The molecule has 0 rings (SSSR count). The maximum atomic E-state index is 11.3. The molecule has 3 N–H and O–H groups in total. The second-order valence-electron chi connectivity index (χ2n) is 3.95. The first-order valence-electron chi connectivity index (χ1n) is 5.18. The van der Waals surface area contributed by atoms with Gasteiger partial charge in [-0.05, 0) is 19.3 Å². The summed E-state index contributed by atoms with van der Waals surface area (Å²) in [6, 6.07) is -1.22. The molecule has 0 bridgehead atoms. The average molecular weight is 216 g/mol. The minimum Gasteiger partial charge on any atom is -0.480 e. The molecular formula is C10H20N2O3. The van der Waals surface area contributed by atoms with Crippen LogP contribution in [0.5, 0.6) is 0 Å². The van der Waals surface area contributed by atoms with Crippen molar-refractivity contribution in [3.63, 3.8) is 0 Å². The van der Waals surface area contributed by atoms with Gasteiger partial charge >= 0.3 is 12.0 Å². The van der Waals surface area contributed by atoms with E-state index in [1.165, 1.54) is 0 Å². The second-order valence-corrected chi connectivity index (χ2v) is 3.95. The maximum Gasteiger partial charge on any atom is 0.326 e. The predicted molar refractivity (Wildman–Crippen MR) is 57.7 cm³/mol. The summed E-state index contributed by atoms with van der Waals surface area (Å²) in [6.07, 6.45) is 0.374. The van der Waals surface area contributed by atoms with Crippen LogP contribution >= 0.6 is 0 Å². The Hall–Kier alpha value is -1.26. The van der Waals surface area contributed by atoms with Gasteiger partial charge in [0.15, 0.2) is 0 Å². The van der Waals surface area contributed by atoms with Gasteiger partial charge in [0, 0.05) is 6.04 Å². The monoisotopic (exact) mass is 216 g/mol. The third-order valence-electron chi connectivity index (χ3n) is 2.37. The Bertz CT molecular complexity index is 229. The lowest BCUT2D eigenvalue weighted by Crippen LogP contribution is -2.49. The Balaban J connectivity index is 4.07. The lowest BCUT2D eigenvalue weighted by Gasteiger charge is -2.19. The molecule has 0 saturated heterocycles. The van der Waals surface area contributed by atoms with E-state index in [1.807, 2.05) is 20.8 Å². The Morgan fingerprint density at radius 1 is 1.20 bits per heavy atom. The number of aliphatic carboxylic acids is 1. The number of amides is 2. The molecule has 1 unspecified atom stereocenters. The molecule has 0 fully saturated rings. The molecule has 0 aromatic heterocycles. The van der Waals surface area contributed by atoms with Crippen LogP contribution < -0.4 is 10.6 Å². The summed E-state index contributed by atoms with van der Waals surface area (Å²) < 4.78 is 0. The van der Waals surface area contributed by atoms with Gasteiger partial charge < -0.3 is 15.7 Å². The van der Waals surface area contributed by atoms with Gasteiger partial charge in [0.2, 0.25) is 0 Å². The Morgan fingerprint density at radius 2 is 1.73 bits per heavy atom. The minimum atomic E-state index is -1.01. The maximum absolute atomic E-state index is 11.3. The van der Waals surface area contributed by atoms with Gasteiger partial charge in [0.1, 0.15) is 6.04 Å². The van der Waals surface area contributed by atoms with Crippen LogP contribution in [0.4, 0.5) is 4.79 Å². The molecule has 2 atom stereocenters. The number of carbonyl (C=O) groups excluding carboxylic acids is 1. The van der Waals surface area contributed by atoms with Gasteiger partial charge in [-0.1, -0.05) is 20.8 Å². The lowest BCUT2D eigenvalue weighted by atomic mass is 10.1. The number of rotatable bonds is 5. The highest BCUT2D eigenvalue weighted by atomic mass is 16.4. The number of urea groups is 1. The highest BCUT2D eigenvalue weighted by Gasteiger charge is 2.18. The molecule has 88 valence electrons. The fraction of sp³-hybridized carbons (Fsp3) is 0.800. The van der Waals surface area contributed by atoms with Crippen molar-refractivity contribution in [1.82, 2.24) is 10.6 Å². The van der Waals surface area contributed by atoms with Crippen molar-refractivity contribution < 1.29 is 14.7 Å². The Morgan fingerprint density at radius 3 is 2.07 bits per heavy atom. The molecule has 0 spiro atoms. The van der Waals surface area contributed by atoms with Crippen molar-refractivity contribution >= 4 is 12.0 Å². The van der Waals surface area contributed by atoms with Crippen LogP contribution in [-0.2, 0) is 4.79 Å². The highest BCUT2D eigenvalue weighted by molar-refractivity contribution is 5.82. The van der Waals surface area contributed by atoms with Gasteiger partial charge in [-0.25, -0.2) is 9.59 Å². The topological polar surface area (TPSA) is 78.4 Å². The van der Waals surface area contributed by atoms with Gasteiger partial charge in [0.25, 0.3) is 0 Å². The molecular weight excluding hydrogens is 196 g/mol. The summed E-state index contributed by atoms with van der Waals surface area (Å²) in [5.41, 5.74) is 0. The number of carboxylic acid groups (broad SMARTS) is 1. The number of carboxylic acids is 1. The minimum absolute atomic E-state index is 0.0244. The van der Waals surface area contributed by atoms with Crippen LogP contribution in [0.15, 0.2) is 0 Å². The zero-order valence-corrected chi connectivity index (χ0v) is 9.70. The molecule has 15 heavy (non-hydrogen) atoms. The number of hydrogen-bond acceptors (Lipinski definition) is 2. The van der Waals surface area contributed by atoms with Crippen LogP contribution in [0.25, 0.3) is 0 Å². The first-order chi connectivity index (χ1) is 6.88. The van der Waals surface area contributed by atoms with Crippen LogP contribution in [0, 0.1) is 5.92 Å². The number of carbonyl (C=O) groups is 2. The Kier molecular flexibility index (Phi) is 5.74. The summed E-state index contributed by atoms with van der Waals surface area (Å²) in [5, 5.41) is 13.8. The van der Waals surface area contributed by atoms with E-state index in [2.05, 4.69) is 10.6 Å². The second kappa shape index (κ2) is 6.27. The largest absolute Gasteiger partial charge is 0.480 e. The number of nitrogens with one attached hydrogen (secondary N) is 2. The summed E-state index contributed by atoms with van der Waals surface area (Å²) >= 11 is 0. The van der Waals surface area contributed by atoms with E-state index in [-0.39, 0.29) is 6.04 Å². The van der Waals surface area contributed by atoms with Gasteiger partial charge in [-0.3, -0.25) is 0 Å². The van der Waals surface area contributed by atoms with Crippen molar-refractivity contribution in [3.05, 3.63) is 0 Å². The van der Waals surface area contributed by atoms with E-state index < -0.39 is 18.0 Å². The summed E-state index contributed by atoms with van der Waals surface area (Å²) in [7, 11) is 0. The molecule has 0 aliphatic rings. The van der Waals surface area contributed by atoms with Crippen molar-refractivity contribution in [2.45, 2.75) is 46.2 Å². The molecule has 0 aliphatic heterocycles. The first kappa shape index (κ1) is 13.7. The molecule has 2 amide bonds. The SMILES string of the molecule is CC[C@@H](NC(=O)NC(C)C(C)C)C(=O)O. The standard InChI is InChI=1S/C10H20N2O3/c1-5-8(9(13)14)12-10(15)11-7(4)6(2)3/h6-8H,5H2,1-4H3,(H,13,14)(H2,11,12,15)/t7?,8-/m1/s1. The van der Waals surface area contributed by atoms with Crippen LogP contribution in [0.2, 0.25) is 0 Å². The van der Waals surface area contributed by atoms with Crippen LogP contribution in [0.1, 0.15) is 34.1 Å². The van der Waals surface area contributed by atoms with Crippen molar-refractivity contribution in [2.75, 3.05) is 0 Å². The van der Waals surface area contributed by atoms with Crippen LogP contribution in [0.3, 0.4) is 0 Å². The van der Waals surface area contributed by atoms with Crippen LogP contribution in [-0.4, -0.2) is 29.2 Å². The molecule has 0 radical (unpaired) electrons. The van der Waals surface area contributed by atoms with Gasteiger partial charge in [-0.2, -0.15) is 0 Å². The zero-order chi connectivity index (χ0) is 12.0. The quantitative estimate of drug-likeness (QED) is 0.646. The van der Waals surface area contributed by atoms with Crippen molar-refractivity contribution in [1.29, 1.82) is 0 Å². The molecule has 0 aromatic carbocycles. The van der Waals surface area contributed by atoms with E-state index >= 15 is 0 Å². The zero-order valence-electron chi connectivity index (χ0n) is 9.70. The third-order valence-corrected chi connectivity index (χ3v) is 2.37. The predicted octanol–water partition coefficient (Wildman–Crippen LogP) is 1.19. The summed E-state index contributed by atoms with van der Waals surface area (Å²) in [6.45, 7) is 7.57. The highest BCUT2D eigenvalue weighted by Crippen LogP contribution is 1.99. The molecule has 0 saturated carbocycles. The fourth-order valence-electron chi connectivity index (χ4n) is 0.912. The molecule has 5 nitrogen and oxygen atoms in total. The van der Waals surface area contributed by atoms with E-state index in [0.29, 0.717) is 12.3 Å². The summed E-state index contributed by atoms with van der Waals surface area (Å²) in [4.78, 5) is 22.0. The molecule has 0 aromatic rings. The van der Waals surface area contributed by atoms with Gasteiger partial charge in [0.05, 0.1) is 0 Å². The Labute approximate surface area is 90.2 Å². The average Bonchev–Trinajstić information content (AvgIpc) is 2.13. The van der Waals surface area contributed by atoms with Crippen molar-refractivity contribution in [3.8, 4) is 0 Å². The molecule has 0 aliphatic carbocycles. The lowest BCUT2D eigenvalue weighted by molar-refractivity contribution is -0.139. The molecule has 5 heteroatoms. The normalized spacial score (nSPS) is 14.5. The third kappa shape index (κ3) is 5.24. The van der Waals surface area contributed by atoms with Gasteiger partial charge in [-0.15, -0.1) is 0 Å². The van der Waals surface area contributed by atoms with E-state index in [1.54, 1.807) is 6.92 Å². The first-order valence-corrected chi connectivity index (χ1v) is 5.18. The van der Waals surface area contributed by atoms with E-state index in [9.17, 15) is 9.59 Å². The molecule has 0 heterocycles. The smallest absolute Gasteiger partial charge is 0.326 e. The summed E-state index contributed by atoms with van der Waals surface area (Å²) in [5.74, 6) is -0.689.